The first kappa shape index (κ1) is 21.5. The molecule has 15 heteroatoms. The van der Waals surface area contributed by atoms with Crippen LogP contribution < -0.4 is 4.74 Å². The Bertz CT molecular complexity index is 1190. The molecule has 3 aromatic rings. The third kappa shape index (κ3) is 4.67. The Hall–Kier alpha value is -3.23. The minimum absolute atomic E-state index is 0.408. The molecule has 0 bridgehead atoms. The normalized spacial score (nSPS) is 12.8. The van der Waals surface area contributed by atoms with Gasteiger partial charge in [-0.2, -0.15) is 36.0 Å². The van der Waals surface area contributed by atoms with E-state index in [9.17, 15) is 34.8 Å². The Kier molecular flexibility index (Phi) is 5.17. The highest BCUT2D eigenvalue weighted by molar-refractivity contribution is 7.90. The number of hydrogen-bond donors (Lipinski definition) is 0. The number of nitrogens with zero attached hydrogens (tertiary/aromatic N) is 5. The lowest BCUT2D eigenvalue weighted by Crippen LogP contribution is -2.11. The monoisotopic (exact) mass is 453 g/mol. The molecule has 0 radical (unpaired) electrons. The summed E-state index contributed by atoms with van der Waals surface area (Å²) < 4.78 is 106. The lowest BCUT2D eigenvalue weighted by Gasteiger charge is -2.12. The molecular formula is C15H9F6N5O3S. The second-order valence-electron chi connectivity index (χ2n) is 5.75. The van der Waals surface area contributed by atoms with Crippen LogP contribution in [-0.2, 0) is 22.2 Å². The van der Waals surface area contributed by atoms with E-state index in [0.29, 0.717) is 17.1 Å². The zero-order valence-electron chi connectivity index (χ0n) is 14.6. The molecular weight excluding hydrogens is 444 g/mol. The average molecular weight is 453 g/mol. The fourth-order valence-corrected chi connectivity index (χ4v) is 2.77. The van der Waals surface area contributed by atoms with Gasteiger partial charge in [0.15, 0.2) is 9.84 Å². The van der Waals surface area contributed by atoms with Crippen LogP contribution in [0.25, 0.3) is 5.95 Å². The molecule has 8 nitrogen and oxygen atoms in total. The molecule has 1 aromatic carbocycles. The van der Waals surface area contributed by atoms with Crippen LogP contribution in [0.4, 0.5) is 26.3 Å². The molecule has 0 aliphatic rings. The number of alkyl halides is 6. The van der Waals surface area contributed by atoms with Gasteiger partial charge in [0.05, 0.1) is 11.8 Å². The third-order valence-electron chi connectivity index (χ3n) is 3.44. The first-order chi connectivity index (χ1) is 13.7. The summed E-state index contributed by atoms with van der Waals surface area (Å²) in [6.45, 7) is 0. The third-order valence-corrected chi connectivity index (χ3v) is 4.51. The molecule has 2 aromatic heterocycles. The van der Waals surface area contributed by atoms with E-state index in [0.717, 1.165) is 30.7 Å². The van der Waals surface area contributed by atoms with Crippen LogP contribution in [0.2, 0.25) is 0 Å². The lowest BCUT2D eigenvalue weighted by atomic mass is 10.2. The highest BCUT2D eigenvalue weighted by atomic mass is 32.2. The molecule has 2 heterocycles. The van der Waals surface area contributed by atoms with Crippen LogP contribution in [0, 0.1) is 0 Å². The van der Waals surface area contributed by atoms with Gasteiger partial charge in [0.1, 0.15) is 17.0 Å². The number of sulfone groups is 1. The van der Waals surface area contributed by atoms with Gasteiger partial charge >= 0.3 is 12.4 Å². The zero-order valence-corrected chi connectivity index (χ0v) is 15.4. The SMILES string of the molecule is CS(=O)(=O)c1cnc(-n2cnc(C(F)(F)F)n2)nc1Oc1cccc(C(F)(F)F)c1. The van der Waals surface area contributed by atoms with Crippen molar-refractivity contribution in [1.29, 1.82) is 0 Å². The fraction of sp³-hybridized carbons (Fsp3) is 0.200. The number of aromatic nitrogens is 5. The van der Waals surface area contributed by atoms with Gasteiger partial charge in [-0.3, -0.25) is 0 Å². The van der Waals surface area contributed by atoms with E-state index in [4.69, 9.17) is 4.74 Å². The van der Waals surface area contributed by atoms with Gasteiger partial charge in [0, 0.05) is 6.26 Å². The molecule has 0 amide bonds. The van der Waals surface area contributed by atoms with Crippen LogP contribution in [0.1, 0.15) is 11.4 Å². The molecule has 0 saturated heterocycles. The maximum Gasteiger partial charge on any atom is 0.453 e. The van der Waals surface area contributed by atoms with Crippen LogP contribution in [-0.4, -0.2) is 39.4 Å². The number of ether oxygens (including phenoxy) is 1. The van der Waals surface area contributed by atoms with Gasteiger partial charge in [-0.05, 0) is 18.2 Å². The van der Waals surface area contributed by atoms with Crippen molar-refractivity contribution in [1.82, 2.24) is 24.7 Å². The van der Waals surface area contributed by atoms with Gasteiger partial charge < -0.3 is 4.74 Å². The van der Waals surface area contributed by atoms with Crippen molar-refractivity contribution in [2.75, 3.05) is 6.26 Å². The fourth-order valence-electron chi connectivity index (χ4n) is 2.12. The van der Waals surface area contributed by atoms with Crippen molar-refractivity contribution in [3.63, 3.8) is 0 Å². The van der Waals surface area contributed by atoms with Crippen molar-refractivity contribution >= 4 is 9.84 Å². The predicted octanol–water partition coefficient (Wildman–Crippen LogP) is 3.29. The number of rotatable bonds is 4. The maximum atomic E-state index is 12.9. The van der Waals surface area contributed by atoms with E-state index in [2.05, 4.69) is 20.1 Å². The first-order valence-corrected chi connectivity index (χ1v) is 9.56. The molecule has 0 spiro atoms. The van der Waals surface area contributed by atoms with Crippen LogP contribution >= 0.6 is 0 Å². The largest absolute Gasteiger partial charge is 0.453 e. The van der Waals surface area contributed by atoms with E-state index in [1.165, 1.54) is 0 Å². The standard InChI is InChI=1S/C15H9F6N5O3S/c1-30(27,28)10-6-22-13(26-7-23-12(25-26)15(19,20)21)24-11(10)29-9-4-2-3-8(5-9)14(16,17)18/h2-7H,1H3. The second-order valence-corrected chi connectivity index (χ2v) is 7.73. The Morgan fingerprint density at radius 3 is 2.30 bits per heavy atom. The molecule has 0 fully saturated rings. The predicted molar refractivity (Wildman–Crippen MR) is 86.6 cm³/mol. The molecule has 0 N–H and O–H groups in total. The lowest BCUT2D eigenvalue weighted by molar-refractivity contribution is -0.144. The summed E-state index contributed by atoms with van der Waals surface area (Å²) in [5.41, 5.74) is -1.07. The molecule has 160 valence electrons. The Balaban J connectivity index is 2.06. The van der Waals surface area contributed by atoms with Gasteiger partial charge in [0.25, 0.3) is 11.8 Å². The topological polar surface area (TPSA) is 99.9 Å². The molecule has 0 unspecified atom stereocenters. The molecule has 0 aliphatic carbocycles. The second kappa shape index (κ2) is 7.23. The summed E-state index contributed by atoms with van der Waals surface area (Å²) in [6, 6.07) is 3.50. The Morgan fingerprint density at radius 1 is 1.03 bits per heavy atom. The quantitative estimate of drug-likeness (QED) is 0.559. The summed E-state index contributed by atoms with van der Waals surface area (Å²) in [6.07, 6.45) is -7.41. The highest BCUT2D eigenvalue weighted by Crippen LogP contribution is 2.34. The molecule has 30 heavy (non-hydrogen) atoms. The summed E-state index contributed by atoms with van der Waals surface area (Å²) >= 11 is 0. The minimum atomic E-state index is -4.85. The van der Waals surface area contributed by atoms with E-state index < -0.39 is 56.1 Å². The molecule has 0 atom stereocenters. The van der Waals surface area contributed by atoms with Crippen LogP contribution in [0.5, 0.6) is 11.6 Å². The maximum absolute atomic E-state index is 12.9. The minimum Gasteiger partial charge on any atom is -0.437 e. The first-order valence-electron chi connectivity index (χ1n) is 7.66. The van der Waals surface area contributed by atoms with Gasteiger partial charge in [-0.1, -0.05) is 6.07 Å². The molecule has 0 aliphatic heterocycles. The van der Waals surface area contributed by atoms with Gasteiger partial charge in [-0.25, -0.2) is 18.4 Å². The number of benzene rings is 1. The van der Waals surface area contributed by atoms with Crippen molar-refractivity contribution < 1.29 is 39.5 Å². The summed E-state index contributed by atoms with van der Waals surface area (Å²) in [4.78, 5) is 9.76. The van der Waals surface area contributed by atoms with E-state index in [1.807, 2.05) is 0 Å². The van der Waals surface area contributed by atoms with E-state index >= 15 is 0 Å². The summed E-state index contributed by atoms with van der Waals surface area (Å²) in [7, 11) is -4.01. The molecule has 3 rings (SSSR count). The van der Waals surface area contributed by atoms with Crippen LogP contribution in [0.15, 0.2) is 41.7 Å². The average Bonchev–Trinajstić information content (AvgIpc) is 3.11. The van der Waals surface area contributed by atoms with E-state index in [-0.39, 0.29) is 0 Å². The number of halogens is 6. The van der Waals surface area contributed by atoms with Gasteiger partial charge in [0.2, 0.25) is 5.88 Å². The van der Waals surface area contributed by atoms with Crippen molar-refractivity contribution in [3.05, 3.63) is 48.2 Å². The van der Waals surface area contributed by atoms with Crippen molar-refractivity contribution in [2.45, 2.75) is 17.2 Å². The summed E-state index contributed by atoms with van der Waals surface area (Å²) in [5.74, 6) is -3.16. The Labute approximate surface area is 164 Å². The van der Waals surface area contributed by atoms with Crippen molar-refractivity contribution in [2.24, 2.45) is 0 Å². The van der Waals surface area contributed by atoms with E-state index in [1.54, 1.807) is 0 Å². The summed E-state index contributed by atoms with van der Waals surface area (Å²) in [5, 5.41) is 3.14. The zero-order chi connectivity index (χ0) is 22.3. The Morgan fingerprint density at radius 2 is 1.73 bits per heavy atom. The van der Waals surface area contributed by atoms with Crippen LogP contribution in [0.3, 0.4) is 0 Å². The molecule has 0 saturated carbocycles. The van der Waals surface area contributed by atoms with Gasteiger partial charge in [-0.15, -0.1) is 5.10 Å². The number of hydrogen-bond acceptors (Lipinski definition) is 7. The van der Waals surface area contributed by atoms with Crippen molar-refractivity contribution in [3.8, 4) is 17.6 Å². The smallest absolute Gasteiger partial charge is 0.437 e. The highest BCUT2D eigenvalue weighted by Gasteiger charge is 2.36.